The molecule has 0 aliphatic heterocycles. The zero-order chi connectivity index (χ0) is 22.7. The van der Waals surface area contributed by atoms with Crippen LogP contribution in [0.5, 0.6) is 0 Å². The number of rotatable bonds is 7. The van der Waals surface area contributed by atoms with Crippen LogP contribution in [0.1, 0.15) is 62.4 Å². The fraction of sp³-hybridized carbons (Fsp3) is 0.478. The van der Waals surface area contributed by atoms with Gasteiger partial charge in [0, 0.05) is 41.8 Å². The predicted octanol–water partition coefficient (Wildman–Crippen LogP) is 3.71. The number of ether oxygens (including phenoxy) is 1. The number of carbonyl (C=O) groups is 2. The molecule has 32 heavy (non-hydrogen) atoms. The number of fused-ring (bicyclic) bond motifs is 1. The Labute approximate surface area is 186 Å². The van der Waals surface area contributed by atoms with Gasteiger partial charge in [0.2, 0.25) is 5.91 Å². The standard InChI is InChI=1S/C23H30N6O3/c1-4-14(2)25-23(31)32-18-7-6-17(10-18)19-11-20(28-27-19)26-22(30)9-16-5-8-21-24-12-15(3)29(21)13-16/h5,8,11-14,17-18H,4,6-7,9-10H2,1-3H3,(H,25,31)(H2,26,27,28,30)/t14-,17-,18+/m0/s1. The monoisotopic (exact) mass is 438 g/mol. The number of nitrogens with one attached hydrogen (secondary N) is 3. The summed E-state index contributed by atoms with van der Waals surface area (Å²) in [6.07, 6.45) is 6.86. The quantitative estimate of drug-likeness (QED) is 0.520. The van der Waals surface area contributed by atoms with Crippen LogP contribution in [0.15, 0.2) is 30.6 Å². The average molecular weight is 439 g/mol. The summed E-state index contributed by atoms with van der Waals surface area (Å²) >= 11 is 0. The molecule has 9 heteroatoms. The van der Waals surface area contributed by atoms with Gasteiger partial charge < -0.3 is 19.8 Å². The van der Waals surface area contributed by atoms with Crippen molar-refractivity contribution in [1.29, 1.82) is 0 Å². The fourth-order valence-electron chi connectivity index (χ4n) is 4.05. The number of alkyl carbamates (subject to hydrolysis) is 1. The summed E-state index contributed by atoms with van der Waals surface area (Å²) < 4.78 is 7.52. The van der Waals surface area contributed by atoms with Gasteiger partial charge in [0.05, 0.1) is 6.42 Å². The van der Waals surface area contributed by atoms with Crippen molar-refractivity contribution in [1.82, 2.24) is 24.9 Å². The van der Waals surface area contributed by atoms with E-state index < -0.39 is 0 Å². The Morgan fingerprint density at radius 2 is 2.19 bits per heavy atom. The molecule has 1 saturated carbocycles. The Kier molecular flexibility index (Phi) is 6.43. The lowest BCUT2D eigenvalue weighted by Crippen LogP contribution is -2.34. The molecule has 170 valence electrons. The van der Waals surface area contributed by atoms with Crippen LogP contribution in [0, 0.1) is 6.92 Å². The first-order chi connectivity index (χ1) is 15.4. The summed E-state index contributed by atoms with van der Waals surface area (Å²) in [5.41, 5.74) is 3.73. The van der Waals surface area contributed by atoms with Gasteiger partial charge in [-0.15, -0.1) is 0 Å². The van der Waals surface area contributed by atoms with Crippen LogP contribution in [0.2, 0.25) is 0 Å². The van der Waals surface area contributed by atoms with E-state index in [0.717, 1.165) is 48.3 Å². The first kappa shape index (κ1) is 21.9. The third-order valence-electron chi connectivity index (χ3n) is 6.06. The second-order valence-electron chi connectivity index (χ2n) is 8.59. The number of aromatic nitrogens is 4. The maximum atomic E-state index is 12.5. The summed E-state index contributed by atoms with van der Waals surface area (Å²) in [5, 5.41) is 13.0. The van der Waals surface area contributed by atoms with Gasteiger partial charge in [0.1, 0.15) is 11.8 Å². The minimum atomic E-state index is -0.355. The van der Waals surface area contributed by atoms with Gasteiger partial charge in [-0.05, 0) is 51.2 Å². The lowest BCUT2D eigenvalue weighted by Gasteiger charge is -2.16. The molecule has 2 amide bonds. The molecule has 0 unspecified atom stereocenters. The first-order valence-electron chi connectivity index (χ1n) is 11.2. The number of anilines is 1. The Balaban J connectivity index is 1.29. The molecule has 1 aliphatic carbocycles. The molecule has 0 spiro atoms. The number of H-pyrrole nitrogens is 1. The minimum Gasteiger partial charge on any atom is -0.446 e. The van der Waals surface area contributed by atoms with E-state index in [0.29, 0.717) is 5.82 Å². The van der Waals surface area contributed by atoms with Crippen LogP contribution in [-0.2, 0) is 16.0 Å². The van der Waals surface area contributed by atoms with Crippen molar-refractivity contribution >= 4 is 23.5 Å². The van der Waals surface area contributed by atoms with Crippen molar-refractivity contribution in [3.63, 3.8) is 0 Å². The summed E-state index contributed by atoms with van der Waals surface area (Å²) in [4.78, 5) is 28.8. The number of aromatic amines is 1. The number of nitrogens with zero attached hydrogens (tertiary/aromatic N) is 3. The van der Waals surface area contributed by atoms with Crippen molar-refractivity contribution in [2.45, 2.75) is 70.9 Å². The molecule has 0 bridgehead atoms. The van der Waals surface area contributed by atoms with Gasteiger partial charge in [0.15, 0.2) is 5.82 Å². The normalized spacial score (nSPS) is 19.1. The first-order valence-corrected chi connectivity index (χ1v) is 11.2. The van der Waals surface area contributed by atoms with E-state index in [1.807, 2.05) is 49.6 Å². The molecule has 3 aromatic heterocycles. The highest BCUT2D eigenvalue weighted by Crippen LogP contribution is 2.35. The summed E-state index contributed by atoms with van der Waals surface area (Å²) in [6, 6.07) is 5.79. The molecule has 3 N–H and O–H groups in total. The van der Waals surface area contributed by atoms with Gasteiger partial charge >= 0.3 is 6.09 Å². The van der Waals surface area contributed by atoms with Crippen LogP contribution in [0.25, 0.3) is 5.65 Å². The van der Waals surface area contributed by atoms with E-state index in [-0.39, 0.29) is 36.5 Å². The molecule has 3 aromatic rings. The molecule has 3 atom stereocenters. The van der Waals surface area contributed by atoms with Crippen molar-refractivity contribution in [2.24, 2.45) is 0 Å². The smallest absolute Gasteiger partial charge is 0.407 e. The van der Waals surface area contributed by atoms with E-state index >= 15 is 0 Å². The van der Waals surface area contributed by atoms with E-state index in [2.05, 4.69) is 25.8 Å². The Bertz CT molecular complexity index is 1100. The molecular formula is C23H30N6O3. The third-order valence-corrected chi connectivity index (χ3v) is 6.06. The third kappa shape index (κ3) is 5.09. The summed E-state index contributed by atoms with van der Waals surface area (Å²) in [7, 11) is 0. The minimum absolute atomic E-state index is 0.101. The van der Waals surface area contributed by atoms with Crippen molar-refractivity contribution in [3.8, 4) is 0 Å². The topological polar surface area (TPSA) is 113 Å². The maximum Gasteiger partial charge on any atom is 0.407 e. The van der Waals surface area contributed by atoms with Gasteiger partial charge in [-0.3, -0.25) is 9.89 Å². The van der Waals surface area contributed by atoms with Gasteiger partial charge in [0.25, 0.3) is 0 Å². The second-order valence-corrected chi connectivity index (χ2v) is 8.59. The number of hydrogen-bond donors (Lipinski definition) is 3. The number of aryl methyl sites for hydroxylation is 1. The van der Waals surface area contributed by atoms with Crippen LogP contribution in [-0.4, -0.2) is 43.7 Å². The van der Waals surface area contributed by atoms with Crippen molar-refractivity contribution in [2.75, 3.05) is 5.32 Å². The van der Waals surface area contributed by atoms with Crippen LogP contribution in [0.4, 0.5) is 10.6 Å². The molecule has 1 aliphatic rings. The zero-order valence-electron chi connectivity index (χ0n) is 18.7. The molecule has 4 rings (SSSR count). The summed E-state index contributed by atoms with van der Waals surface area (Å²) in [6.45, 7) is 5.95. The molecule has 1 fully saturated rings. The molecule has 0 aromatic carbocycles. The number of carbonyl (C=O) groups excluding carboxylic acids is 2. The van der Waals surface area contributed by atoms with Gasteiger partial charge in [-0.1, -0.05) is 13.0 Å². The highest BCUT2D eigenvalue weighted by Gasteiger charge is 2.30. The number of pyridine rings is 1. The fourth-order valence-corrected chi connectivity index (χ4v) is 4.05. The zero-order valence-corrected chi connectivity index (χ0v) is 18.7. The summed E-state index contributed by atoms with van der Waals surface area (Å²) in [5.74, 6) is 0.597. The lowest BCUT2D eigenvalue weighted by atomic mass is 10.0. The van der Waals surface area contributed by atoms with Gasteiger partial charge in [-0.25, -0.2) is 9.78 Å². The van der Waals surface area contributed by atoms with Crippen molar-refractivity contribution < 1.29 is 14.3 Å². The van der Waals surface area contributed by atoms with Crippen LogP contribution >= 0.6 is 0 Å². The largest absolute Gasteiger partial charge is 0.446 e. The van der Waals surface area contributed by atoms with Crippen molar-refractivity contribution in [3.05, 3.63) is 47.5 Å². The average Bonchev–Trinajstić information content (AvgIpc) is 3.49. The highest BCUT2D eigenvalue weighted by atomic mass is 16.6. The molecule has 3 heterocycles. The van der Waals surface area contributed by atoms with E-state index in [1.54, 1.807) is 6.20 Å². The maximum absolute atomic E-state index is 12.5. The lowest BCUT2D eigenvalue weighted by molar-refractivity contribution is -0.115. The van der Waals surface area contributed by atoms with Crippen LogP contribution in [0.3, 0.4) is 0 Å². The predicted molar refractivity (Wildman–Crippen MR) is 121 cm³/mol. The number of imidazole rings is 1. The number of amides is 2. The molecule has 0 radical (unpaired) electrons. The Morgan fingerprint density at radius 1 is 1.34 bits per heavy atom. The second kappa shape index (κ2) is 9.42. The number of hydrogen-bond acceptors (Lipinski definition) is 5. The van der Waals surface area contributed by atoms with E-state index in [1.165, 1.54) is 0 Å². The van der Waals surface area contributed by atoms with E-state index in [9.17, 15) is 9.59 Å². The van der Waals surface area contributed by atoms with Crippen LogP contribution < -0.4 is 10.6 Å². The molecule has 0 saturated heterocycles. The SMILES string of the molecule is CC[C@H](C)NC(=O)O[C@@H]1CC[C@H](c2cc(NC(=O)Cc3ccc4ncc(C)n4c3)n[nH]2)C1. The Hall–Kier alpha value is -3.36. The van der Waals surface area contributed by atoms with Gasteiger partial charge in [-0.2, -0.15) is 5.10 Å². The Morgan fingerprint density at radius 3 is 3.00 bits per heavy atom. The molecule has 9 nitrogen and oxygen atoms in total. The van der Waals surface area contributed by atoms with E-state index in [4.69, 9.17) is 4.74 Å². The highest BCUT2D eigenvalue weighted by molar-refractivity contribution is 5.91. The molecular weight excluding hydrogens is 408 g/mol.